The zero-order chi connectivity index (χ0) is 9.61. The lowest BCUT2D eigenvalue weighted by atomic mass is 9.79. The normalized spacial score (nSPS) is 16.5. The lowest BCUT2D eigenvalue weighted by Crippen LogP contribution is -2.26. The minimum Gasteiger partial charge on any atom is -0.162 e. The molecule has 0 bridgehead atoms. The fourth-order valence-corrected chi connectivity index (χ4v) is 2.30. The molecule has 1 atom stereocenters. The summed E-state index contributed by atoms with van der Waals surface area (Å²) in [6.45, 7) is 9.02. The third kappa shape index (κ3) is 4.04. The third-order valence-corrected chi connectivity index (χ3v) is 4.23. The second-order valence-electron chi connectivity index (χ2n) is 3.89. The van der Waals surface area contributed by atoms with Gasteiger partial charge < -0.3 is 0 Å². The Hall–Kier alpha value is 0.640. The van der Waals surface area contributed by atoms with Gasteiger partial charge in [-0.25, -0.2) is 0 Å². The van der Waals surface area contributed by atoms with E-state index in [-0.39, 0.29) is 0 Å². The van der Waals surface area contributed by atoms with Gasteiger partial charge >= 0.3 is 0 Å². The Balaban J connectivity index is 3.80. The summed E-state index contributed by atoms with van der Waals surface area (Å²) in [6, 6.07) is 0. The highest BCUT2D eigenvalue weighted by Crippen LogP contribution is 2.33. The number of alkyl halides is 1. The summed E-state index contributed by atoms with van der Waals surface area (Å²) in [5, 5.41) is 0. The van der Waals surface area contributed by atoms with Gasteiger partial charge in [0, 0.05) is 5.88 Å². The largest absolute Gasteiger partial charge is 0.162 e. The summed E-state index contributed by atoms with van der Waals surface area (Å²) in [4.78, 5) is 0. The van der Waals surface area contributed by atoms with Crippen molar-refractivity contribution in [1.82, 2.24) is 0 Å². The van der Waals surface area contributed by atoms with Crippen LogP contribution in [-0.2, 0) is 0 Å². The van der Waals surface area contributed by atoms with Crippen LogP contribution in [0.5, 0.6) is 0 Å². The summed E-state index contributed by atoms with van der Waals surface area (Å²) >= 11 is 7.98. The van der Waals surface area contributed by atoms with Crippen LogP contribution in [0.25, 0.3) is 0 Å². The first-order chi connectivity index (χ1) is 5.56. The average molecular weight is 209 g/mol. The van der Waals surface area contributed by atoms with E-state index in [1.54, 1.807) is 0 Å². The van der Waals surface area contributed by atoms with Gasteiger partial charge in [-0.3, -0.25) is 0 Å². The Morgan fingerprint density at radius 2 is 2.00 bits per heavy atom. The SMILES string of the molecule is CCSCCC(C)(CCl)C(C)C. The van der Waals surface area contributed by atoms with Crippen molar-refractivity contribution in [3.8, 4) is 0 Å². The number of thioether (sulfide) groups is 1. The minimum absolute atomic E-state index is 0.337. The third-order valence-electron chi connectivity index (χ3n) is 2.72. The Bertz CT molecular complexity index is 114. The molecule has 0 aliphatic carbocycles. The molecule has 0 nitrogen and oxygen atoms in total. The van der Waals surface area contributed by atoms with E-state index < -0.39 is 0 Å². The van der Waals surface area contributed by atoms with Crippen molar-refractivity contribution in [2.45, 2.75) is 34.1 Å². The maximum absolute atomic E-state index is 5.97. The lowest BCUT2D eigenvalue weighted by molar-refractivity contribution is 0.247. The van der Waals surface area contributed by atoms with Gasteiger partial charge in [-0.1, -0.05) is 27.7 Å². The van der Waals surface area contributed by atoms with E-state index in [1.165, 1.54) is 17.9 Å². The predicted molar refractivity (Wildman–Crippen MR) is 61.3 cm³/mol. The van der Waals surface area contributed by atoms with Crippen molar-refractivity contribution in [1.29, 1.82) is 0 Å². The average Bonchev–Trinajstić information content (AvgIpc) is 2.04. The molecule has 0 saturated carbocycles. The standard InChI is InChI=1S/C10H21ClS/c1-5-12-7-6-10(4,8-11)9(2)3/h9H,5-8H2,1-4H3. The van der Waals surface area contributed by atoms with Gasteiger partial charge in [-0.2, -0.15) is 11.8 Å². The molecule has 12 heavy (non-hydrogen) atoms. The molecule has 1 unspecified atom stereocenters. The van der Waals surface area contributed by atoms with Crippen molar-refractivity contribution in [2.24, 2.45) is 11.3 Å². The van der Waals surface area contributed by atoms with Crippen LogP contribution in [0.4, 0.5) is 0 Å². The maximum Gasteiger partial charge on any atom is 0.0280 e. The van der Waals surface area contributed by atoms with Crippen LogP contribution >= 0.6 is 23.4 Å². The summed E-state index contributed by atoms with van der Waals surface area (Å²) in [5.74, 6) is 3.94. The Kier molecular flexibility index (Phi) is 6.48. The predicted octanol–water partition coefficient (Wildman–Crippen LogP) is 4.03. The first-order valence-corrected chi connectivity index (χ1v) is 6.39. The first kappa shape index (κ1) is 12.6. The van der Waals surface area contributed by atoms with Crippen LogP contribution in [0.2, 0.25) is 0 Å². The molecule has 74 valence electrons. The summed E-state index contributed by atoms with van der Waals surface area (Å²) in [5.41, 5.74) is 0.337. The summed E-state index contributed by atoms with van der Waals surface area (Å²) in [6.07, 6.45) is 1.24. The fraction of sp³-hybridized carbons (Fsp3) is 1.00. The van der Waals surface area contributed by atoms with Crippen LogP contribution in [0.3, 0.4) is 0 Å². The van der Waals surface area contributed by atoms with E-state index in [1.807, 2.05) is 11.8 Å². The quantitative estimate of drug-likeness (QED) is 0.469. The van der Waals surface area contributed by atoms with Crippen LogP contribution in [-0.4, -0.2) is 17.4 Å². The van der Waals surface area contributed by atoms with E-state index in [2.05, 4.69) is 27.7 Å². The lowest BCUT2D eigenvalue weighted by Gasteiger charge is -2.31. The molecule has 0 rings (SSSR count). The molecule has 0 aromatic rings. The van der Waals surface area contributed by atoms with Gasteiger partial charge in [-0.15, -0.1) is 11.6 Å². The maximum atomic E-state index is 5.97. The van der Waals surface area contributed by atoms with Crippen LogP contribution < -0.4 is 0 Å². The van der Waals surface area contributed by atoms with Crippen LogP contribution in [0.15, 0.2) is 0 Å². The van der Waals surface area contributed by atoms with Crippen molar-refractivity contribution in [2.75, 3.05) is 17.4 Å². The van der Waals surface area contributed by atoms with Crippen LogP contribution in [0.1, 0.15) is 34.1 Å². The number of hydrogen-bond donors (Lipinski definition) is 0. The second kappa shape index (κ2) is 6.15. The molecule has 0 spiro atoms. The van der Waals surface area contributed by atoms with Gasteiger partial charge in [-0.05, 0) is 29.3 Å². The molecule has 0 fully saturated rings. The zero-order valence-electron chi connectivity index (χ0n) is 8.69. The van der Waals surface area contributed by atoms with Gasteiger partial charge in [0.15, 0.2) is 0 Å². The molecule has 0 amide bonds. The van der Waals surface area contributed by atoms with Crippen molar-refractivity contribution < 1.29 is 0 Å². The highest BCUT2D eigenvalue weighted by atomic mass is 35.5. The van der Waals surface area contributed by atoms with Gasteiger partial charge in [0.05, 0.1) is 0 Å². The molecule has 0 aliphatic heterocycles. The van der Waals surface area contributed by atoms with Crippen molar-refractivity contribution in [3.05, 3.63) is 0 Å². The number of hydrogen-bond acceptors (Lipinski definition) is 1. The Labute approximate surface area is 86.5 Å². The van der Waals surface area contributed by atoms with Crippen molar-refractivity contribution in [3.63, 3.8) is 0 Å². The second-order valence-corrected chi connectivity index (χ2v) is 5.55. The number of rotatable bonds is 6. The fourth-order valence-electron chi connectivity index (χ4n) is 0.959. The van der Waals surface area contributed by atoms with Gasteiger partial charge in [0.25, 0.3) is 0 Å². The summed E-state index contributed by atoms with van der Waals surface area (Å²) < 4.78 is 0. The van der Waals surface area contributed by atoms with Gasteiger partial charge in [0.2, 0.25) is 0 Å². The highest BCUT2D eigenvalue weighted by Gasteiger charge is 2.26. The molecule has 0 heterocycles. The Morgan fingerprint density at radius 3 is 2.33 bits per heavy atom. The molecule has 0 aromatic carbocycles. The molecule has 2 heteroatoms. The molecular weight excluding hydrogens is 188 g/mol. The summed E-state index contributed by atoms with van der Waals surface area (Å²) in [7, 11) is 0. The molecular formula is C10H21ClS. The topological polar surface area (TPSA) is 0 Å². The van der Waals surface area contributed by atoms with Crippen molar-refractivity contribution >= 4 is 23.4 Å². The van der Waals surface area contributed by atoms with Gasteiger partial charge in [0.1, 0.15) is 0 Å². The molecule has 0 aliphatic rings. The zero-order valence-corrected chi connectivity index (χ0v) is 10.3. The monoisotopic (exact) mass is 208 g/mol. The van der Waals surface area contributed by atoms with E-state index in [9.17, 15) is 0 Å². The van der Waals surface area contributed by atoms with Crippen LogP contribution in [0, 0.1) is 11.3 Å². The highest BCUT2D eigenvalue weighted by molar-refractivity contribution is 7.99. The number of halogens is 1. The Morgan fingerprint density at radius 1 is 1.42 bits per heavy atom. The molecule has 0 saturated heterocycles. The van der Waals surface area contributed by atoms with E-state index >= 15 is 0 Å². The first-order valence-electron chi connectivity index (χ1n) is 4.70. The van der Waals surface area contributed by atoms with E-state index in [0.717, 1.165) is 5.88 Å². The molecule has 0 aromatic heterocycles. The molecule has 0 radical (unpaired) electrons. The van der Waals surface area contributed by atoms with E-state index in [0.29, 0.717) is 11.3 Å². The molecule has 0 N–H and O–H groups in total. The minimum atomic E-state index is 0.337. The van der Waals surface area contributed by atoms with E-state index in [4.69, 9.17) is 11.6 Å². The smallest absolute Gasteiger partial charge is 0.0280 e.